The molecule has 0 atom stereocenters. The second-order valence-corrected chi connectivity index (χ2v) is 6.63. The molecule has 0 saturated heterocycles. The van der Waals surface area contributed by atoms with E-state index in [2.05, 4.69) is 14.7 Å². The molecule has 7 heteroatoms. The summed E-state index contributed by atoms with van der Waals surface area (Å²) in [6.07, 6.45) is 3.79. The van der Waals surface area contributed by atoms with Crippen molar-refractivity contribution >= 4 is 21.1 Å². The number of hydrogen-bond acceptors (Lipinski definition) is 3. The number of para-hydroxylation sites is 2. The lowest BCUT2D eigenvalue weighted by molar-refractivity contribution is 0.581. The third-order valence-electron chi connectivity index (χ3n) is 3.21. The summed E-state index contributed by atoms with van der Waals surface area (Å²) in [4.78, 5) is 7.86. The zero-order valence-electron chi connectivity index (χ0n) is 11.6. The Kier molecular flexibility index (Phi) is 3.52. The molecule has 0 aliphatic rings. The quantitative estimate of drug-likeness (QED) is 0.748. The van der Waals surface area contributed by atoms with Crippen molar-refractivity contribution in [2.45, 2.75) is 11.3 Å². The van der Waals surface area contributed by atoms with E-state index in [0.717, 1.165) is 16.9 Å². The van der Waals surface area contributed by atoms with Gasteiger partial charge in [-0.3, -0.25) is 0 Å². The van der Waals surface area contributed by atoms with Crippen LogP contribution in [0.5, 0.6) is 0 Å². The number of H-pyrrole nitrogens is 1. The van der Waals surface area contributed by atoms with Gasteiger partial charge in [0.25, 0.3) is 0 Å². The SMILES string of the molecule is Cn1ccc(S(=O)(=O)NCCc2nc3ccccc3[nH]2)c1. The summed E-state index contributed by atoms with van der Waals surface area (Å²) in [6, 6.07) is 9.29. The lowest BCUT2D eigenvalue weighted by Gasteiger charge is -2.03. The fourth-order valence-corrected chi connectivity index (χ4v) is 3.23. The molecule has 0 saturated carbocycles. The summed E-state index contributed by atoms with van der Waals surface area (Å²) in [7, 11) is -1.67. The normalized spacial score (nSPS) is 12.0. The van der Waals surface area contributed by atoms with Crippen LogP contribution in [-0.4, -0.2) is 29.5 Å². The van der Waals surface area contributed by atoms with Crippen LogP contribution in [0, 0.1) is 0 Å². The Morgan fingerprint density at radius 3 is 2.81 bits per heavy atom. The van der Waals surface area contributed by atoms with Crippen LogP contribution in [0.25, 0.3) is 11.0 Å². The van der Waals surface area contributed by atoms with Crippen LogP contribution in [-0.2, 0) is 23.5 Å². The summed E-state index contributed by atoms with van der Waals surface area (Å²) in [5, 5.41) is 0. The van der Waals surface area contributed by atoms with Crippen molar-refractivity contribution in [2.24, 2.45) is 7.05 Å². The number of imidazole rings is 1. The number of aryl methyl sites for hydroxylation is 1. The molecule has 2 N–H and O–H groups in total. The van der Waals surface area contributed by atoms with E-state index in [-0.39, 0.29) is 4.90 Å². The molecule has 2 aromatic heterocycles. The van der Waals surface area contributed by atoms with Gasteiger partial charge in [0.05, 0.1) is 15.9 Å². The molecule has 1 aromatic carbocycles. The number of sulfonamides is 1. The number of hydrogen-bond donors (Lipinski definition) is 2. The number of rotatable bonds is 5. The third-order valence-corrected chi connectivity index (χ3v) is 4.65. The number of aromatic nitrogens is 3. The van der Waals surface area contributed by atoms with Gasteiger partial charge in [0.2, 0.25) is 10.0 Å². The van der Waals surface area contributed by atoms with Crippen LogP contribution in [0.2, 0.25) is 0 Å². The molecule has 110 valence electrons. The van der Waals surface area contributed by atoms with Crippen LogP contribution in [0.15, 0.2) is 47.6 Å². The standard InChI is InChI=1S/C14H16N4O2S/c1-18-9-7-11(10-18)21(19,20)15-8-6-14-16-12-4-2-3-5-13(12)17-14/h2-5,7,9-10,15H,6,8H2,1H3,(H,16,17). The second-order valence-electron chi connectivity index (χ2n) is 4.86. The highest BCUT2D eigenvalue weighted by Gasteiger charge is 2.14. The second kappa shape index (κ2) is 5.34. The molecule has 0 radical (unpaired) electrons. The first kappa shape index (κ1) is 13.8. The Bertz CT molecular complexity index is 831. The molecule has 21 heavy (non-hydrogen) atoms. The Labute approximate surface area is 122 Å². The van der Waals surface area contributed by atoms with Crippen molar-refractivity contribution in [3.63, 3.8) is 0 Å². The number of nitrogens with zero attached hydrogens (tertiary/aromatic N) is 2. The molecule has 6 nitrogen and oxygen atoms in total. The smallest absolute Gasteiger partial charge is 0.242 e. The van der Waals surface area contributed by atoms with Gasteiger partial charge in [0, 0.05) is 32.4 Å². The van der Waals surface area contributed by atoms with E-state index in [0.29, 0.717) is 13.0 Å². The van der Waals surface area contributed by atoms with Gasteiger partial charge >= 0.3 is 0 Å². The summed E-state index contributed by atoms with van der Waals surface area (Å²) in [6.45, 7) is 0.303. The van der Waals surface area contributed by atoms with Gasteiger partial charge in [-0.15, -0.1) is 0 Å². The fraction of sp³-hybridized carbons (Fsp3) is 0.214. The highest BCUT2D eigenvalue weighted by atomic mass is 32.2. The van der Waals surface area contributed by atoms with Crippen molar-refractivity contribution in [1.29, 1.82) is 0 Å². The molecule has 0 spiro atoms. The Morgan fingerprint density at radius 2 is 2.10 bits per heavy atom. The minimum absolute atomic E-state index is 0.273. The molecule has 0 fully saturated rings. The number of aromatic amines is 1. The van der Waals surface area contributed by atoms with Gasteiger partial charge in [0.15, 0.2) is 0 Å². The van der Waals surface area contributed by atoms with Crippen molar-refractivity contribution in [1.82, 2.24) is 19.3 Å². The average Bonchev–Trinajstić information content (AvgIpc) is 3.04. The van der Waals surface area contributed by atoms with Crippen LogP contribution >= 0.6 is 0 Å². The van der Waals surface area contributed by atoms with E-state index in [1.54, 1.807) is 30.1 Å². The molecule has 3 rings (SSSR count). The minimum Gasteiger partial charge on any atom is -0.356 e. The van der Waals surface area contributed by atoms with E-state index in [1.165, 1.54) is 0 Å². The highest BCUT2D eigenvalue weighted by Crippen LogP contribution is 2.11. The van der Waals surface area contributed by atoms with Gasteiger partial charge in [-0.05, 0) is 18.2 Å². The molecular weight excluding hydrogens is 288 g/mol. The van der Waals surface area contributed by atoms with Gasteiger partial charge < -0.3 is 9.55 Å². The van der Waals surface area contributed by atoms with Crippen LogP contribution < -0.4 is 4.72 Å². The zero-order valence-corrected chi connectivity index (χ0v) is 12.4. The predicted octanol–water partition coefficient (Wildman–Crippen LogP) is 1.42. The Morgan fingerprint density at radius 1 is 1.29 bits per heavy atom. The molecular formula is C14H16N4O2S. The van der Waals surface area contributed by atoms with E-state index in [4.69, 9.17) is 0 Å². The maximum atomic E-state index is 12.1. The minimum atomic E-state index is -3.45. The topological polar surface area (TPSA) is 79.8 Å². The lowest BCUT2D eigenvalue weighted by Crippen LogP contribution is -2.26. The largest absolute Gasteiger partial charge is 0.356 e. The zero-order chi connectivity index (χ0) is 14.9. The van der Waals surface area contributed by atoms with Gasteiger partial charge in [-0.1, -0.05) is 12.1 Å². The van der Waals surface area contributed by atoms with Crippen LogP contribution in [0.1, 0.15) is 5.82 Å². The Balaban J connectivity index is 1.65. The van der Waals surface area contributed by atoms with Gasteiger partial charge in [0.1, 0.15) is 5.82 Å². The van der Waals surface area contributed by atoms with Crippen molar-refractivity contribution in [2.75, 3.05) is 6.54 Å². The predicted molar refractivity (Wildman–Crippen MR) is 80.4 cm³/mol. The summed E-state index contributed by atoms with van der Waals surface area (Å²) in [5.41, 5.74) is 1.84. The van der Waals surface area contributed by atoms with Gasteiger partial charge in [-0.25, -0.2) is 18.1 Å². The maximum Gasteiger partial charge on any atom is 0.242 e. The molecule has 0 aliphatic heterocycles. The first-order valence-electron chi connectivity index (χ1n) is 6.60. The first-order chi connectivity index (χ1) is 10.0. The molecule has 2 heterocycles. The maximum absolute atomic E-state index is 12.1. The van der Waals surface area contributed by atoms with E-state index >= 15 is 0 Å². The van der Waals surface area contributed by atoms with Crippen molar-refractivity contribution in [3.8, 4) is 0 Å². The molecule has 3 aromatic rings. The third kappa shape index (κ3) is 2.98. The molecule has 0 bridgehead atoms. The monoisotopic (exact) mass is 304 g/mol. The van der Waals surface area contributed by atoms with E-state index in [9.17, 15) is 8.42 Å². The number of fused-ring (bicyclic) bond motifs is 1. The molecule has 0 amide bonds. The van der Waals surface area contributed by atoms with Crippen LogP contribution in [0.3, 0.4) is 0 Å². The summed E-state index contributed by atoms with van der Waals surface area (Å²) in [5.74, 6) is 0.770. The van der Waals surface area contributed by atoms with Gasteiger partial charge in [-0.2, -0.15) is 0 Å². The molecule has 0 unspecified atom stereocenters. The lowest BCUT2D eigenvalue weighted by atomic mass is 10.3. The van der Waals surface area contributed by atoms with Crippen molar-refractivity contribution in [3.05, 3.63) is 48.5 Å². The first-order valence-corrected chi connectivity index (χ1v) is 8.08. The van der Waals surface area contributed by atoms with Crippen molar-refractivity contribution < 1.29 is 8.42 Å². The summed E-state index contributed by atoms with van der Waals surface area (Å²) < 4.78 is 28.4. The van der Waals surface area contributed by atoms with E-state index < -0.39 is 10.0 Å². The highest BCUT2D eigenvalue weighted by molar-refractivity contribution is 7.89. The fourth-order valence-electron chi connectivity index (χ4n) is 2.15. The van der Waals surface area contributed by atoms with Crippen LogP contribution in [0.4, 0.5) is 0 Å². The molecule has 0 aliphatic carbocycles. The summed E-state index contributed by atoms with van der Waals surface area (Å²) >= 11 is 0. The Hall–Kier alpha value is -2.12. The van der Waals surface area contributed by atoms with E-state index in [1.807, 2.05) is 24.3 Å². The average molecular weight is 304 g/mol. The number of nitrogens with one attached hydrogen (secondary N) is 2. The number of benzene rings is 1.